The Balaban J connectivity index is 3.20. The van der Waals surface area contributed by atoms with E-state index in [0.29, 0.717) is 23.7 Å². The Morgan fingerprint density at radius 3 is 2.64 bits per heavy atom. The van der Waals surface area contributed by atoms with Crippen molar-refractivity contribution < 1.29 is 29.1 Å². The van der Waals surface area contributed by atoms with Gasteiger partial charge in [-0.15, -0.1) is 0 Å². The number of anilines is 1. The SMILES string of the molecule is CCOC(=O)COc1cccc(NO)c1/[N+](OC)=C(/C)CC. The normalized spacial score (nSPS) is 11.5. The zero-order valence-corrected chi connectivity index (χ0v) is 13.4. The molecule has 0 radical (unpaired) electrons. The molecule has 1 rings (SSSR count). The number of nitrogens with one attached hydrogen (secondary N) is 1. The molecular weight excluding hydrogens is 288 g/mol. The predicted molar refractivity (Wildman–Crippen MR) is 81.9 cm³/mol. The number of para-hydroxylation sites is 1. The van der Waals surface area contributed by atoms with Crippen LogP contribution in [0.15, 0.2) is 18.2 Å². The van der Waals surface area contributed by atoms with Gasteiger partial charge in [0.1, 0.15) is 12.8 Å². The molecule has 0 bridgehead atoms. The van der Waals surface area contributed by atoms with Gasteiger partial charge >= 0.3 is 11.7 Å². The van der Waals surface area contributed by atoms with Crippen molar-refractivity contribution in [3.05, 3.63) is 18.2 Å². The van der Waals surface area contributed by atoms with Crippen LogP contribution in [0.25, 0.3) is 0 Å². The Morgan fingerprint density at radius 1 is 1.36 bits per heavy atom. The molecule has 0 aliphatic carbocycles. The number of carbonyl (C=O) groups excluding carboxylic acids is 1. The van der Waals surface area contributed by atoms with Crippen molar-refractivity contribution in [2.75, 3.05) is 25.8 Å². The minimum Gasteiger partial charge on any atom is -0.475 e. The van der Waals surface area contributed by atoms with Crippen molar-refractivity contribution in [3.8, 4) is 5.75 Å². The van der Waals surface area contributed by atoms with Crippen LogP contribution in [0.4, 0.5) is 11.4 Å². The maximum Gasteiger partial charge on any atom is 0.344 e. The molecule has 0 heterocycles. The van der Waals surface area contributed by atoms with Gasteiger partial charge in [0.25, 0.3) is 0 Å². The van der Waals surface area contributed by atoms with Crippen molar-refractivity contribution in [2.45, 2.75) is 27.2 Å². The third kappa shape index (κ3) is 4.36. The van der Waals surface area contributed by atoms with E-state index in [-0.39, 0.29) is 6.61 Å². The summed E-state index contributed by atoms with van der Waals surface area (Å²) in [6.07, 6.45) is 0.741. The van der Waals surface area contributed by atoms with Gasteiger partial charge in [0, 0.05) is 18.1 Å². The summed E-state index contributed by atoms with van der Waals surface area (Å²) in [7, 11) is 1.52. The molecule has 0 amide bonds. The van der Waals surface area contributed by atoms with E-state index in [1.165, 1.54) is 7.11 Å². The van der Waals surface area contributed by atoms with Crippen LogP contribution in [-0.4, -0.2) is 42.0 Å². The number of carbonyl (C=O) groups is 1. The number of ether oxygens (including phenoxy) is 2. The van der Waals surface area contributed by atoms with Crippen LogP contribution in [0.3, 0.4) is 0 Å². The number of rotatable bonds is 8. The Kier molecular flexibility index (Phi) is 7.18. The third-order valence-corrected chi connectivity index (χ3v) is 3.01. The lowest BCUT2D eigenvalue weighted by atomic mass is 10.2. The number of nitrogens with zero attached hydrogens (tertiary/aromatic N) is 1. The molecule has 7 heteroatoms. The van der Waals surface area contributed by atoms with E-state index in [1.54, 1.807) is 29.9 Å². The molecule has 0 saturated carbocycles. The maximum absolute atomic E-state index is 11.4. The van der Waals surface area contributed by atoms with Crippen LogP contribution in [-0.2, 0) is 14.4 Å². The van der Waals surface area contributed by atoms with Gasteiger partial charge in [-0.1, -0.05) is 13.0 Å². The minimum atomic E-state index is -0.462. The Morgan fingerprint density at radius 2 is 2.09 bits per heavy atom. The van der Waals surface area contributed by atoms with E-state index in [4.69, 9.17) is 14.3 Å². The average molecular weight is 311 g/mol. The fraction of sp³-hybridized carbons (Fsp3) is 0.467. The fourth-order valence-corrected chi connectivity index (χ4v) is 1.86. The lowest BCUT2D eigenvalue weighted by Gasteiger charge is -2.11. The van der Waals surface area contributed by atoms with E-state index in [1.807, 2.05) is 13.8 Å². The summed E-state index contributed by atoms with van der Waals surface area (Å²) >= 11 is 0. The second kappa shape index (κ2) is 8.89. The zero-order valence-electron chi connectivity index (χ0n) is 13.4. The molecule has 122 valence electrons. The standard InChI is InChI=1S/C15H23N2O5/c1-5-11(3)17(20-4)15-12(16-19)8-7-9-13(15)22-10-14(18)21-6-2/h7-9,16,19H,5-6,10H2,1-4H3/q+1/b17-11+. The summed E-state index contributed by atoms with van der Waals surface area (Å²) in [6.45, 7) is 5.67. The number of benzene rings is 1. The third-order valence-electron chi connectivity index (χ3n) is 3.01. The van der Waals surface area contributed by atoms with Gasteiger partial charge in [-0.05, 0) is 19.1 Å². The fourth-order valence-electron chi connectivity index (χ4n) is 1.86. The Bertz CT molecular complexity index is 543. The highest BCUT2D eigenvalue weighted by Gasteiger charge is 2.26. The van der Waals surface area contributed by atoms with Crippen molar-refractivity contribution in [1.82, 2.24) is 0 Å². The largest absolute Gasteiger partial charge is 0.475 e. The molecule has 2 N–H and O–H groups in total. The average Bonchev–Trinajstić information content (AvgIpc) is 2.54. The van der Waals surface area contributed by atoms with Gasteiger partial charge in [0.15, 0.2) is 12.4 Å². The van der Waals surface area contributed by atoms with Crippen molar-refractivity contribution >= 4 is 23.1 Å². The van der Waals surface area contributed by atoms with E-state index in [2.05, 4.69) is 5.48 Å². The summed E-state index contributed by atoms with van der Waals surface area (Å²) in [5.74, 6) is -0.0716. The van der Waals surface area contributed by atoms with Crippen LogP contribution < -0.4 is 10.2 Å². The Labute approximate surface area is 130 Å². The van der Waals surface area contributed by atoms with Crippen molar-refractivity contribution in [1.29, 1.82) is 0 Å². The molecule has 0 atom stereocenters. The maximum atomic E-state index is 11.4. The highest BCUT2D eigenvalue weighted by atomic mass is 16.7. The van der Waals surface area contributed by atoms with Crippen LogP contribution in [0.1, 0.15) is 27.2 Å². The molecule has 0 aromatic heterocycles. The second-order valence-corrected chi connectivity index (χ2v) is 4.42. The molecule has 0 saturated heterocycles. The first-order valence-corrected chi connectivity index (χ1v) is 7.07. The van der Waals surface area contributed by atoms with Gasteiger partial charge in [0.2, 0.25) is 5.71 Å². The second-order valence-electron chi connectivity index (χ2n) is 4.42. The molecule has 0 aliphatic heterocycles. The van der Waals surface area contributed by atoms with E-state index in [9.17, 15) is 10.0 Å². The molecule has 1 aromatic carbocycles. The summed E-state index contributed by atoms with van der Waals surface area (Å²) in [5.41, 5.74) is 3.90. The Hall–Kier alpha value is -2.28. The lowest BCUT2D eigenvalue weighted by molar-refractivity contribution is -0.721. The lowest BCUT2D eigenvalue weighted by Crippen LogP contribution is -2.18. The van der Waals surface area contributed by atoms with Gasteiger partial charge in [0.05, 0.1) is 6.61 Å². The molecule has 22 heavy (non-hydrogen) atoms. The number of hydrogen-bond donors (Lipinski definition) is 2. The van der Waals surface area contributed by atoms with Gasteiger partial charge in [-0.3, -0.25) is 15.5 Å². The molecule has 0 unspecified atom stereocenters. The smallest absolute Gasteiger partial charge is 0.344 e. The first-order valence-electron chi connectivity index (χ1n) is 7.07. The topological polar surface area (TPSA) is 80.0 Å². The van der Waals surface area contributed by atoms with Gasteiger partial charge in [-0.25, -0.2) is 4.79 Å². The minimum absolute atomic E-state index is 0.224. The van der Waals surface area contributed by atoms with Crippen LogP contribution in [0, 0.1) is 0 Å². The summed E-state index contributed by atoms with van der Waals surface area (Å²) < 4.78 is 11.9. The van der Waals surface area contributed by atoms with E-state index >= 15 is 0 Å². The quantitative estimate of drug-likeness (QED) is 0.332. The first kappa shape index (κ1) is 17.8. The molecule has 0 aliphatic rings. The predicted octanol–water partition coefficient (Wildman–Crippen LogP) is 2.51. The van der Waals surface area contributed by atoms with Gasteiger partial charge in [-0.2, -0.15) is 0 Å². The molecule has 7 nitrogen and oxygen atoms in total. The highest BCUT2D eigenvalue weighted by Crippen LogP contribution is 2.35. The summed E-state index contributed by atoms with van der Waals surface area (Å²) in [5, 5.41) is 9.31. The number of esters is 1. The molecule has 0 fully saturated rings. The van der Waals surface area contributed by atoms with Crippen LogP contribution in [0.5, 0.6) is 5.75 Å². The van der Waals surface area contributed by atoms with E-state index < -0.39 is 5.97 Å². The first-order chi connectivity index (χ1) is 10.6. The van der Waals surface area contributed by atoms with Gasteiger partial charge < -0.3 is 9.47 Å². The van der Waals surface area contributed by atoms with Crippen LogP contribution >= 0.6 is 0 Å². The van der Waals surface area contributed by atoms with Crippen LogP contribution in [0.2, 0.25) is 0 Å². The van der Waals surface area contributed by atoms with Crippen molar-refractivity contribution in [3.63, 3.8) is 0 Å². The van der Waals surface area contributed by atoms with Crippen molar-refractivity contribution in [2.24, 2.45) is 0 Å². The monoisotopic (exact) mass is 311 g/mol. The van der Waals surface area contributed by atoms with E-state index in [0.717, 1.165) is 12.1 Å². The highest BCUT2D eigenvalue weighted by molar-refractivity contribution is 5.80. The molecule has 0 spiro atoms. The molecule has 1 aromatic rings. The number of hydrogen-bond acceptors (Lipinski definition) is 6. The summed E-state index contributed by atoms with van der Waals surface area (Å²) in [6, 6.07) is 5.05. The summed E-state index contributed by atoms with van der Waals surface area (Å²) in [4.78, 5) is 16.8. The molecular formula is C15H23N2O5+. The zero-order chi connectivity index (χ0) is 16.5.